The van der Waals surface area contributed by atoms with Gasteiger partial charge in [0.2, 0.25) is 5.91 Å². The summed E-state index contributed by atoms with van der Waals surface area (Å²) in [7, 11) is 1.89. The first kappa shape index (κ1) is 12.2. The number of nitrogens with one attached hydrogen (secondary N) is 1. The Morgan fingerprint density at radius 3 is 2.93 bits per heavy atom. The summed E-state index contributed by atoms with van der Waals surface area (Å²) in [6, 6.07) is 0. The summed E-state index contributed by atoms with van der Waals surface area (Å²) in [6.07, 6.45) is 5.93. The van der Waals surface area contributed by atoms with E-state index in [0.29, 0.717) is 0 Å². The molecule has 3 nitrogen and oxygen atoms in total. The fourth-order valence-corrected chi connectivity index (χ4v) is 2.07. The molecule has 1 atom stereocenters. The Morgan fingerprint density at radius 2 is 2.40 bits per heavy atom. The van der Waals surface area contributed by atoms with Crippen LogP contribution in [-0.4, -0.2) is 36.5 Å². The lowest BCUT2D eigenvalue weighted by Gasteiger charge is -2.29. The molecule has 15 heavy (non-hydrogen) atoms. The molecule has 0 spiro atoms. The van der Waals surface area contributed by atoms with Crippen molar-refractivity contribution in [3.8, 4) is 0 Å². The maximum absolute atomic E-state index is 12.1. The van der Waals surface area contributed by atoms with E-state index >= 15 is 0 Å². The lowest BCUT2D eigenvalue weighted by Crippen LogP contribution is -2.51. The Hall–Kier alpha value is -0.830. The molecule has 0 aromatic carbocycles. The summed E-state index contributed by atoms with van der Waals surface area (Å²) in [5.41, 5.74) is -0.317. The molecular weight excluding hydrogens is 188 g/mol. The molecule has 1 saturated heterocycles. The number of allylic oxidation sites excluding steroid dienone is 1. The largest absolute Gasteiger partial charge is 0.344 e. The van der Waals surface area contributed by atoms with E-state index in [0.717, 1.165) is 38.8 Å². The Bertz CT molecular complexity index is 232. The molecule has 1 rings (SSSR count). The van der Waals surface area contributed by atoms with Crippen molar-refractivity contribution in [3.63, 3.8) is 0 Å². The molecule has 0 radical (unpaired) electrons. The molecule has 1 aliphatic heterocycles. The van der Waals surface area contributed by atoms with Gasteiger partial charge in [0.25, 0.3) is 0 Å². The first-order chi connectivity index (χ1) is 7.10. The minimum Gasteiger partial charge on any atom is -0.344 e. The first-order valence-electron chi connectivity index (χ1n) is 5.71. The van der Waals surface area contributed by atoms with Crippen LogP contribution in [0.25, 0.3) is 0 Å². The maximum atomic E-state index is 12.1. The zero-order valence-corrected chi connectivity index (χ0v) is 9.88. The van der Waals surface area contributed by atoms with Gasteiger partial charge >= 0.3 is 0 Å². The summed E-state index contributed by atoms with van der Waals surface area (Å²) in [6.45, 7) is 7.47. The zero-order chi connectivity index (χ0) is 11.3. The predicted molar refractivity (Wildman–Crippen MR) is 62.7 cm³/mol. The fourth-order valence-electron chi connectivity index (χ4n) is 2.07. The van der Waals surface area contributed by atoms with E-state index in [1.807, 2.05) is 24.9 Å². The van der Waals surface area contributed by atoms with Crippen molar-refractivity contribution in [2.24, 2.45) is 0 Å². The number of hydrogen-bond acceptors (Lipinski definition) is 2. The minimum atomic E-state index is -0.317. The quantitative estimate of drug-likeness (QED) is 0.551. The predicted octanol–water partition coefficient (Wildman–Crippen LogP) is 1.55. The van der Waals surface area contributed by atoms with Gasteiger partial charge in [-0.1, -0.05) is 6.08 Å². The smallest absolute Gasteiger partial charge is 0.242 e. The van der Waals surface area contributed by atoms with Crippen LogP contribution < -0.4 is 5.32 Å². The highest BCUT2D eigenvalue weighted by Crippen LogP contribution is 2.20. The third kappa shape index (κ3) is 3.06. The lowest BCUT2D eigenvalue weighted by molar-refractivity contribution is -0.135. The van der Waals surface area contributed by atoms with Crippen LogP contribution in [0.3, 0.4) is 0 Å². The van der Waals surface area contributed by atoms with Crippen molar-refractivity contribution in [1.82, 2.24) is 10.2 Å². The number of nitrogens with zero attached hydrogens (tertiary/aromatic N) is 1. The second-order valence-electron chi connectivity index (χ2n) is 4.52. The van der Waals surface area contributed by atoms with Gasteiger partial charge in [0.05, 0.1) is 5.54 Å². The number of likely N-dealkylation sites (N-methyl/N-ethyl adjacent to an activating group) is 1. The Balaban J connectivity index is 2.41. The molecule has 0 aliphatic carbocycles. The molecule has 0 aromatic heterocycles. The van der Waals surface area contributed by atoms with E-state index in [2.05, 4.69) is 11.9 Å². The summed E-state index contributed by atoms with van der Waals surface area (Å²) >= 11 is 0. The monoisotopic (exact) mass is 210 g/mol. The van der Waals surface area contributed by atoms with Gasteiger partial charge in [-0.2, -0.15) is 0 Å². The molecule has 1 amide bonds. The van der Waals surface area contributed by atoms with Gasteiger partial charge in [0, 0.05) is 13.6 Å². The van der Waals surface area contributed by atoms with Gasteiger partial charge in [-0.05, 0) is 39.2 Å². The summed E-state index contributed by atoms with van der Waals surface area (Å²) in [5, 5.41) is 3.29. The minimum absolute atomic E-state index is 0.226. The molecule has 3 heteroatoms. The highest BCUT2D eigenvalue weighted by molar-refractivity contribution is 5.86. The van der Waals surface area contributed by atoms with E-state index in [1.54, 1.807) is 0 Å². The van der Waals surface area contributed by atoms with Gasteiger partial charge in [-0.15, -0.1) is 6.58 Å². The van der Waals surface area contributed by atoms with E-state index in [9.17, 15) is 4.79 Å². The van der Waals surface area contributed by atoms with Gasteiger partial charge in [0.15, 0.2) is 0 Å². The number of carbonyl (C=O) groups is 1. The van der Waals surface area contributed by atoms with E-state index in [-0.39, 0.29) is 11.4 Å². The highest BCUT2D eigenvalue weighted by atomic mass is 16.2. The SMILES string of the molecule is C=CCCCN(C)C(=O)C1(C)CCCN1. The number of unbranched alkanes of at least 4 members (excludes halogenated alkanes) is 1. The number of amides is 1. The molecule has 0 aromatic rings. The molecule has 1 fully saturated rings. The molecule has 1 N–H and O–H groups in total. The molecule has 0 bridgehead atoms. The van der Waals surface area contributed by atoms with Crippen molar-refractivity contribution in [2.45, 2.75) is 38.1 Å². The summed E-state index contributed by atoms with van der Waals surface area (Å²) < 4.78 is 0. The molecule has 1 heterocycles. The highest BCUT2D eigenvalue weighted by Gasteiger charge is 2.37. The van der Waals surface area contributed by atoms with Gasteiger partial charge in [-0.3, -0.25) is 4.79 Å². The molecule has 86 valence electrons. The zero-order valence-electron chi connectivity index (χ0n) is 9.88. The molecular formula is C12H22N2O. The topological polar surface area (TPSA) is 32.3 Å². The van der Waals surface area contributed by atoms with Gasteiger partial charge in [-0.25, -0.2) is 0 Å². The van der Waals surface area contributed by atoms with Crippen LogP contribution in [0.4, 0.5) is 0 Å². The Labute approximate surface area is 92.5 Å². The summed E-state index contributed by atoms with van der Waals surface area (Å²) in [5.74, 6) is 0.226. The standard InChI is InChI=1S/C12H22N2O/c1-4-5-6-10-14(3)11(15)12(2)8-7-9-13-12/h4,13H,1,5-10H2,2-3H3. The average Bonchev–Trinajstić information content (AvgIpc) is 2.65. The van der Waals surface area contributed by atoms with Crippen molar-refractivity contribution in [2.75, 3.05) is 20.1 Å². The van der Waals surface area contributed by atoms with Gasteiger partial charge < -0.3 is 10.2 Å². The summed E-state index contributed by atoms with van der Waals surface area (Å²) in [4.78, 5) is 13.9. The third-order valence-electron chi connectivity index (χ3n) is 3.09. The second-order valence-corrected chi connectivity index (χ2v) is 4.52. The van der Waals surface area contributed by atoms with Crippen LogP contribution in [0.2, 0.25) is 0 Å². The van der Waals surface area contributed by atoms with Crippen LogP contribution in [0.15, 0.2) is 12.7 Å². The van der Waals surface area contributed by atoms with Crippen LogP contribution in [0.1, 0.15) is 32.6 Å². The second kappa shape index (κ2) is 5.31. The number of hydrogen-bond donors (Lipinski definition) is 1. The lowest BCUT2D eigenvalue weighted by atomic mass is 9.98. The molecule has 1 unspecified atom stereocenters. The number of carbonyl (C=O) groups excluding carboxylic acids is 1. The van der Waals surface area contributed by atoms with Crippen molar-refractivity contribution < 1.29 is 4.79 Å². The van der Waals surface area contributed by atoms with E-state index < -0.39 is 0 Å². The third-order valence-corrected chi connectivity index (χ3v) is 3.09. The van der Waals surface area contributed by atoms with Crippen LogP contribution in [-0.2, 0) is 4.79 Å². The van der Waals surface area contributed by atoms with Crippen LogP contribution >= 0.6 is 0 Å². The van der Waals surface area contributed by atoms with Crippen molar-refractivity contribution in [1.29, 1.82) is 0 Å². The normalized spacial score (nSPS) is 25.2. The van der Waals surface area contributed by atoms with Gasteiger partial charge in [0.1, 0.15) is 0 Å². The van der Waals surface area contributed by atoms with Crippen LogP contribution in [0.5, 0.6) is 0 Å². The van der Waals surface area contributed by atoms with Crippen molar-refractivity contribution in [3.05, 3.63) is 12.7 Å². The number of rotatable bonds is 5. The Kier molecular flexibility index (Phi) is 4.33. The molecule has 1 aliphatic rings. The van der Waals surface area contributed by atoms with E-state index in [1.165, 1.54) is 0 Å². The fraction of sp³-hybridized carbons (Fsp3) is 0.750. The molecule has 0 saturated carbocycles. The van der Waals surface area contributed by atoms with Crippen LogP contribution in [0, 0.1) is 0 Å². The maximum Gasteiger partial charge on any atom is 0.242 e. The van der Waals surface area contributed by atoms with Crippen molar-refractivity contribution >= 4 is 5.91 Å². The Morgan fingerprint density at radius 1 is 1.67 bits per heavy atom. The first-order valence-corrected chi connectivity index (χ1v) is 5.71. The average molecular weight is 210 g/mol. The van der Waals surface area contributed by atoms with E-state index in [4.69, 9.17) is 0 Å².